The lowest BCUT2D eigenvalue weighted by atomic mass is 9.81. The molecule has 2 rings (SSSR count). The monoisotopic (exact) mass is 464 g/mol. The van der Waals surface area contributed by atoms with Crippen LogP contribution in [-0.4, -0.2) is 60.5 Å². The Bertz CT molecular complexity index is 864. The number of carbonyl (C=O) groups excluding carboxylic acids is 1. The highest BCUT2D eigenvalue weighted by Gasteiger charge is 2.67. The molecular formula is C16H24N4O8S2. The van der Waals surface area contributed by atoms with Crippen molar-refractivity contribution in [3.63, 3.8) is 0 Å². The summed E-state index contributed by atoms with van der Waals surface area (Å²) in [5.41, 5.74) is 4.42. The van der Waals surface area contributed by atoms with Crippen LogP contribution in [0.2, 0.25) is 0 Å². The van der Waals surface area contributed by atoms with E-state index in [9.17, 15) is 18.1 Å². The molecule has 0 aromatic heterocycles. The van der Waals surface area contributed by atoms with Crippen molar-refractivity contribution < 1.29 is 26.9 Å². The van der Waals surface area contributed by atoms with Gasteiger partial charge in [0.15, 0.2) is 5.54 Å². The number of nitroso groups, excluding NO2 is 1. The van der Waals surface area contributed by atoms with Crippen LogP contribution in [-0.2, 0) is 19.4 Å². The highest BCUT2D eigenvalue weighted by atomic mass is 32.2. The zero-order valence-electron chi connectivity index (χ0n) is 16.5. The summed E-state index contributed by atoms with van der Waals surface area (Å²) in [6.45, 7) is 2.13. The number of sulfone groups is 1. The average Bonchev–Trinajstić information content (AvgIpc) is 2.68. The summed E-state index contributed by atoms with van der Waals surface area (Å²) in [5, 5.41) is 17.9. The minimum atomic E-state index is -4.45. The number of esters is 1. The first-order valence-corrected chi connectivity index (χ1v) is 10.7. The molecule has 0 saturated carbocycles. The molecule has 30 heavy (non-hydrogen) atoms. The van der Waals surface area contributed by atoms with Crippen LogP contribution in [0.4, 0.5) is 0 Å². The van der Waals surface area contributed by atoms with Crippen molar-refractivity contribution in [1.29, 1.82) is 0 Å². The highest BCUT2D eigenvalue weighted by Crippen LogP contribution is 2.43. The standard InChI is InChI=1S/C16H24N3O5S2.NO3/c1-3-24-14(20)16(17,26(22,23)13-7-5-4-6-8-13)15(18-21)9-11-19(2,25)12-10-15;2-1(3)4/h4-8,25H,3,9-12,17H2,1-2H3;/q+1;-1. The minimum absolute atomic E-state index is 0.00211. The molecule has 0 bridgehead atoms. The van der Waals surface area contributed by atoms with E-state index in [1.807, 2.05) is 7.05 Å². The predicted molar refractivity (Wildman–Crippen MR) is 110 cm³/mol. The normalized spacial score (nSPS) is 25.7. The number of rotatable bonds is 6. The number of hydrogen-bond donors (Lipinski definition) is 2. The van der Waals surface area contributed by atoms with Gasteiger partial charge in [0.05, 0.1) is 49.5 Å². The largest absolute Gasteiger partial charge is 0.464 e. The lowest BCUT2D eigenvalue weighted by molar-refractivity contribution is -0.778. The second-order valence-corrected chi connectivity index (χ2v) is 9.99. The summed E-state index contributed by atoms with van der Waals surface area (Å²) in [5.74, 6) is -1.17. The lowest BCUT2D eigenvalue weighted by Gasteiger charge is -2.45. The predicted octanol–water partition coefficient (Wildman–Crippen LogP) is 1.03. The van der Waals surface area contributed by atoms with Crippen LogP contribution < -0.4 is 5.73 Å². The van der Waals surface area contributed by atoms with Crippen LogP contribution in [0, 0.1) is 20.2 Å². The van der Waals surface area contributed by atoms with E-state index in [0.717, 1.165) is 0 Å². The first kappa shape index (κ1) is 25.7. The van der Waals surface area contributed by atoms with E-state index in [4.69, 9.17) is 25.8 Å². The molecule has 168 valence electrons. The Labute approximate surface area is 179 Å². The van der Waals surface area contributed by atoms with Gasteiger partial charge in [-0.15, -0.1) is 0 Å². The molecule has 1 aromatic carbocycles. The van der Waals surface area contributed by atoms with Crippen molar-refractivity contribution >= 4 is 28.6 Å². The maximum Gasteiger partial charge on any atom is 0.345 e. The smallest absolute Gasteiger partial charge is 0.345 e. The molecular weight excluding hydrogens is 440 g/mol. The molecule has 1 aliphatic heterocycles. The summed E-state index contributed by atoms with van der Waals surface area (Å²) in [4.78, 5) is 30.1. The lowest BCUT2D eigenvalue weighted by Crippen LogP contribution is -2.72. The third kappa shape index (κ3) is 5.06. The molecule has 1 aromatic rings. The summed E-state index contributed by atoms with van der Waals surface area (Å²) in [6, 6.07) is 7.33. The van der Waals surface area contributed by atoms with E-state index < -0.39 is 31.3 Å². The maximum absolute atomic E-state index is 13.3. The fraction of sp³-hybridized carbons (Fsp3) is 0.562. The van der Waals surface area contributed by atoms with Gasteiger partial charge in [-0.3, -0.25) is 3.89 Å². The number of carbonyl (C=O) groups is 1. The molecule has 12 nitrogen and oxygen atoms in total. The topological polar surface area (TPSA) is 182 Å². The molecule has 1 unspecified atom stereocenters. The maximum atomic E-state index is 13.3. The van der Waals surface area contributed by atoms with Gasteiger partial charge in [-0.05, 0) is 19.1 Å². The van der Waals surface area contributed by atoms with Crippen molar-refractivity contribution in [3.8, 4) is 0 Å². The number of ether oxygens (including phenoxy) is 1. The van der Waals surface area contributed by atoms with Crippen LogP contribution in [0.15, 0.2) is 40.4 Å². The molecule has 1 heterocycles. The van der Waals surface area contributed by atoms with Crippen molar-refractivity contribution in [1.82, 2.24) is 0 Å². The molecule has 1 saturated heterocycles. The van der Waals surface area contributed by atoms with E-state index in [-0.39, 0.29) is 28.2 Å². The van der Waals surface area contributed by atoms with Gasteiger partial charge in [-0.25, -0.2) is 13.2 Å². The van der Waals surface area contributed by atoms with Gasteiger partial charge < -0.3 is 25.8 Å². The first-order valence-electron chi connectivity index (χ1n) is 8.79. The molecule has 1 atom stereocenters. The molecule has 2 N–H and O–H groups in total. The van der Waals surface area contributed by atoms with E-state index in [1.54, 1.807) is 6.07 Å². The first-order chi connectivity index (χ1) is 13.8. The Hall–Kier alpha value is -2.29. The average molecular weight is 465 g/mol. The van der Waals surface area contributed by atoms with E-state index in [1.165, 1.54) is 31.2 Å². The molecule has 0 spiro atoms. The van der Waals surface area contributed by atoms with Gasteiger partial charge >= 0.3 is 5.97 Å². The number of nitrogens with zero attached hydrogens (tertiary/aromatic N) is 3. The third-order valence-corrected chi connectivity index (χ3v) is 7.62. The summed E-state index contributed by atoms with van der Waals surface area (Å²) >= 11 is 4.45. The van der Waals surface area contributed by atoms with E-state index >= 15 is 0 Å². The quantitative estimate of drug-likeness (QED) is 0.155. The summed E-state index contributed by atoms with van der Waals surface area (Å²) in [7, 11) is -2.63. The minimum Gasteiger partial charge on any atom is -0.464 e. The second-order valence-electron chi connectivity index (χ2n) is 6.91. The molecule has 14 heteroatoms. The van der Waals surface area contributed by atoms with Gasteiger partial charge in [-0.1, -0.05) is 23.4 Å². The SMILES string of the molecule is CCOC(=O)C(N)(C1(N=O)CC[N+](C)(S)CC1)S(=O)(=O)c1ccccc1.O=[N+]([O-])[O-]. The zero-order chi connectivity index (χ0) is 23.2. The Morgan fingerprint density at radius 3 is 2.20 bits per heavy atom. The molecule has 0 radical (unpaired) electrons. The van der Waals surface area contributed by atoms with Gasteiger partial charge in [0.1, 0.15) is 0 Å². The Balaban J connectivity index is 0.00000103. The number of piperidine rings is 1. The van der Waals surface area contributed by atoms with Crippen molar-refractivity contribution in [2.24, 2.45) is 10.9 Å². The number of hydrogen-bond acceptors (Lipinski definition) is 11. The zero-order valence-corrected chi connectivity index (χ0v) is 18.2. The third-order valence-electron chi connectivity index (χ3n) is 4.94. The Morgan fingerprint density at radius 1 is 1.33 bits per heavy atom. The Morgan fingerprint density at radius 2 is 1.80 bits per heavy atom. The van der Waals surface area contributed by atoms with Gasteiger partial charge in [-0.2, -0.15) is 4.91 Å². The number of thiol groups is 1. The van der Waals surface area contributed by atoms with Crippen LogP contribution >= 0.6 is 12.8 Å². The van der Waals surface area contributed by atoms with E-state index in [2.05, 4.69) is 18.0 Å². The molecule has 0 amide bonds. The van der Waals surface area contributed by atoms with Crippen LogP contribution in [0.5, 0.6) is 0 Å². The van der Waals surface area contributed by atoms with Gasteiger partial charge in [0.2, 0.25) is 9.84 Å². The summed E-state index contributed by atoms with van der Waals surface area (Å²) < 4.78 is 32.0. The van der Waals surface area contributed by atoms with Crippen molar-refractivity contribution in [2.45, 2.75) is 35.1 Å². The van der Waals surface area contributed by atoms with Crippen LogP contribution in [0.3, 0.4) is 0 Å². The van der Waals surface area contributed by atoms with Crippen LogP contribution in [0.1, 0.15) is 19.8 Å². The molecule has 0 aliphatic carbocycles. The Kier molecular flexibility index (Phi) is 8.31. The molecule has 1 aliphatic rings. The number of likely N-dealkylation sites (tertiary alicyclic amines) is 1. The molecule has 1 fully saturated rings. The second kappa shape index (κ2) is 9.68. The summed E-state index contributed by atoms with van der Waals surface area (Å²) in [6.07, 6.45) is -0.00421. The van der Waals surface area contributed by atoms with Crippen molar-refractivity contribution in [2.75, 3.05) is 26.7 Å². The van der Waals surface area contributed by atoms with Crippen LogP contribution in [0.25, 0.3) is 0 Å². The number of benzene rings is 1. The van der Waals surface area contributed by atoms with Crippen molar-refractivity contribution in [3.05, 3.63) is 50.6 Å². The van der Waals surface area contributed by atoms with E-state index in [0.29, 0.717) is 13.1 Å². The van der Waals surface area contributed by atoms with Gasteiger partial charge in [0, 0.05) is 12.8 Å². The highest BCUT2D eigenvalue weighted by molar-refractivity contribution is 7.93. The fourth-order valence-corrected chi connectivity index (χ4v) is 5.30. The number of quaternary nitrogens is 1. The number of nitrogens with two attached hydrogens (primary N) is 1. The van der Waals surface area contributed by atoms with Gasteiger partial charge in [0.25, 0.3) is 4.87 Å². The fourth-order valence-electron chi connectivity index (χ4n) is 3.19.